The third-order valence-electron chi connectivity index (χ3n) is 1.50. The highest BCUT2D eigenvalue weighted by atomic mass is 16.3. The predicted octanol–water partition coefficient (Wildman–Crippen LogP) is 0.711. The van der Waals surface area contributed by atoms with E-state index in [0.29, 0.717) is 5.69 Å². The molecule has 0 bridgehead atoms. The van der Waals surface area contributed by atoms with Gasteiger partial charge in [0.1, 0.15) is 0 Å². The molecule has 2 N–H and O–H groups in total. The van der Waals surface area contributed by atoms with E-state index in [1.165, 1.54) is 0 Å². The molecule has 4 heteroatoms. The molecule has 0 aromatic carbocycles. The number of amides is 1. The van der Waals surface area contributed by atoms with Crippen LogP contribution in [-0.4, -0.2) is 22.6 Å². The second-order valence-electron chi connectivity index (χ2n) is 2.77. The second kappa shape index (κ2) is 4.57. The molecule has 1 aromatic rings. The van der Waals surface area contributed by atoms with E-state index in [1.54, 1.807) is 12.4 Å². The van der Waals surface area contributed by atoms with Crippen molar-refractivity contribution in [2.75, 3.05) is 11.9 Å². The Hall–Kier alpha value is -1.42. The van der Waals surface area contributed by atoms with Crippen molar-refractivity contribution in [1.29, 1.82) is 0 Å². The number of aliphatic hydroxyl groups is 1. The molecule has 0 fully saturated rings. The molecule has 0 aliphatic rings. The normalized spacial score (nSPS) is 9.69. The number of nitrogens with zero attached hydrogens (tertiary/aromatic N) is 1. The van der Waals surface area contributed by atoms with Crippen LogP contribution in [0.4, 0.5) is 5.69 Å². The number of carbonyl (C=O) groups is 1. The number of anilines is 1. The zero-order valence-corrected chi connectivity index (χ0v) is 7.45. The average Bonchev–Trinajstić information content (AvgIpc) is 2.04. The molecule has 0 atom stereocenters. The van der Waals surface area contributed by atoms with E-state index in [9.17, 15) is 4.79 Å². The van der Waals surface area contributed by atoms with Gasteiger partial charge in [0, 0.05) is 6.20 Å². The van der Waals surface area contributed by atoms with Gasteiger partial charge < -0.3 is 10.4 Å². The van der Waals surface area contributed by atoms with Gasteiger partial charge in [0.25, 0.3) is 0 Å². The van der Waals surface area contributed by atoms with Crippen molar-refractivity contribution in [1.82, 2.24) is 4.98 Å². The first-order valence-corrected chi connectivity index (χ1v) is 4.05. The zero-order valence-electron chi connectivity index (χ0n) is 7.45. The van der Waals surface area contributed by atoms with Crippen LogP contribution in [0.5, 0.6) is 0 Å². The van der Waals surface area contributed by atoms with Gasteiger partial charge in [-0.3, -0.25) is 9.78 Å². The minimum absolute atomic E-state index is 0.119. The number of hydrogen-bond acceptors (Lipinski definition) is 3. The Morgan fingerprint density at radius 3 is 3.00 bits per heavy atom. The molecule has 0 aliphatic carbocycles. The fraction of sp³-hybridized carbons (Fsp3) is 0.333. The fourth-order valence-corrected chi connectivity index (χ4v) is 0.948. The Morgan fingerprint density at radius 2 is 2.38 bits per heavy atom. The number of aryl methyl sites for hydroxylation is 1. The first-order valence-electron chi connectivity index (χ1n) is 4.05. The van der Waals surface area contributed by atoms with Crippen molar-refractivity contribution in [2.24, 2.45) is 0 Å². The molecule has 70 valence electrons. The van der Waals surface area contributed by atoms with Crippen LogP contribution in [-0.2, 0) is 4.79 Å². The lowest BCUT2D eigenvalue weighted by molar-refractivity contribution is -0.116. The quantitative estimate of drug-likeness (QED) is 0.720. The van der Waals surface area contributed by atoms with Crippen molar-refractivity contribution < 1.29 is 9.90 Å². The number of hydrogen-bond donors (Lipinski definition) is 2. The first-order chi connectivity index (χ1) is 6.22. The Balaban J connectivity index is 2.58. The monoisotopic (exact) mass is 180 g/mol. The predicted molar refractivity (Wildman–Crippen MR) is 49.3 cm³/mol. The summed E-state index contributed by atoms with van der Waals surface area (Å²) in [7, 11) is 0. The largest absolute Gasteiger partial charge is 0.396 e. The summed E-state index contributed by atoms with van der Waals surface area (Å²) in [5.41, 5.74) is 1.65. The summed E-state index contributed by atoms with van der Waals surface area (Å²) in [5, 5.41) is 11.1. The fourth-order valence-electron chi connectivity index (χ4n) is 0.948. The first kappa shape index (κ1) is 9.67. The number of aliphatic hydroxyl groups excluding tert-OH is 1. The molecule has 1 heterocycles. The SMILES string of the molecule is Cc1cncc(NC(=O)CCO)c1. The molecule has 1 amide bonds. The van der Waals surface area contributed by atoms with Crippen molar-refractivity contribution >= 4 is 11.6 Å². The van der Waals surface area contributed by atoms with Gasteiger partial charge in [0.05, 0.1) is 24.9 Å². The number of pyridine rings is 1. The second-order valence-corrected chi connectivity index (χ2v) is 2.77. The highest BCUT2D eigenvalue weighted by Gasteiger charge is 2.00. The molecule has 4 nitrogen and oxygen atoms in total. The lowest BCUT2D eigenvalue weighted by Crippen LogP contribution is -2.12. The van der Waals surface area contributed by atoms with E-state index < -0.39 is 0 Å². The van der Waals surface area contributed by atoms with Crippen molar-refractivity contribution in [3.8, 4) is 0 Å². The van der Waals surface area contributed by atoms with Crippen LogP contribution in [0, 0.1) is 6.92 Å². The number of aromatic nitrogens is 1. The molecule has 0 saturated carbocycles. The van der Waals surface area contributed by atoms with Gasteiger partial charge in [0.15, 0.2) is 0 Å². The molecule has 0 aliphatic heterocycles. The Bertz CT molecular complexity index is 299. The molecule has 0 spiro atoms. The molecule has 0 unspecified atom stereocenters. The van der Waals surface area contributed by atoms with Gasteiger partial charge in [0.2, 0.25) is 5.91 Å². The van der Waals surface area contributed by atoms with Crippen molar-refractivity contribution in [2.45, 2.75) is 13.3 Å². The van der Waals surface area contributed by atoms with Crippen molar-refractivity contribution in [3.05, 3.63) is 24.0 Å². The topological polar surface area (TPSA) is 62.2 Å². The lowest BCUT2D eigenvalue weighted by atomic mass is 10.3. The van der Waals surface area contributed by atoms with E-state index in [0.717, 1.165) is 5.56 Å². The minimum Gasteiger partial charge on any atom is -0.396 e. The van der Waals surface area contributed by atoms with Crippen LogP contribution >= 0.6 is 0 Å². The van der Waals surface area contributed by atoms with Gasteiger partial charge in [-0.2, -0.15) is 0 Å². The third-order valence-corrected chi connectivity index (χ3v) is 1.50. The zero-order chi connectivity index (χ0) is 9.68. The third kappa shape index (κ3) is 3.21. The van der Waals surface area contributed by atoms with Crippen LogP contribution < -0.4 is 5.32 Å². The summed E-state index contributed by atoms with van der Waals surface area (Å²) in [4.78, 5) is 14.9. The smallest absolute Gasteiger partial charge is 0.226 e. The average molecular weight is 180 g/mol. The van der Waals surface area contributed by atoms with E-state index >= 15 is 0 Å². The number of carbonyl (C=O) groups excluding carboxylic acids is 1. The molecule has 13 heavy (non-hydrogen) atoms. The van der Waals surface area contributed by atoms with Gasteiger partial charge >= 0.3 is 0 Å². The van der Waals surface area contributed by atoms with E-state index in [2.05, 4.69) is 10.3 Å². The Kier molecular flexibility index (Phi) is 3.40. The molecule has 0 saturated heterocycles. The van der Waals surface area contributed by atoms with Gasteiger partial charge in [-0.15, -0.1) is 0 Å². The van der Waals surface area contributed by atoms with Crippen molar-refractivity contribution in [3.63, 3.8) is 0 Å². The summed E-state index contributed by atoms with van der Waals surface area (Å²) < 4.78 is 0. The summed E-state index contributed by atoms with van der Waals surface area (Å²) in [5.74, 6) is -0.199. The molecule has 1 aromatic heterocycles. The van der Waals surface area contributed by atoms with E-state index in [4.69, 9.17) is 5.11 Å². The Labute approximate surface area is 76.6 Å². The van der Waals surface area contributed by atoms with Crippen LogP contribution in [0.3, 0.4) is 0 Å². The van der Waals surface area contributed by atoms with Crippen LogP contribution in [0.1, 0.15) is 12.0 Å². The van der Waals surface area contributed by atoms with Crippen LogP contribution in [0.2, 0.25) is 0 Å². The number of rotatable bonds is 3. The number of nitrogens with one attached hydrogen (secondary N) is 1. The molecule has 0 radical (unpaired) electrons. The van der Waals surface area contributed by atoms with E-state index in [1.807, 2.05) is 13.0 Å². The maximum absolute atomic E-state index is 11.0. The summed E-state index contributed by atoms with van der Waals surface area (Å²) in [6.07, 6.45) is 3.40. The maximum atomic E-state index is 11.0. The highest BCUT2D eigenvalue weighted by Crippen LogP contribution is 2.06. The summed E-state index contributed by atoms with van der Waals surface area (Å²) in [6.45, 7) is 1.76. The highest BCUT2D eigenvalue weighted by molar-refractivity contribution is 5.90. The van der Waals surface area contributed by atoms with E-state index in [-0.39, 0.29) is 18.9 Å². The summed E-state index contributed by atoms with van der Waals surface area (Å²) in [6, 6.07) is 1.82. The summed E-state index contributed by atoms with van der Waals surface area (Å²) >= 11 is 0. The van der Waals surface area contributed by atoms with Crippen LogP contribution in [0.25, 0.3) is 0 Å². The van der Waals surface area contributed by atoms with Gasteiger partial charge in [-0.05, 0) is 18.6 Å². The van der Waals surface area contributed by atoms with Gasteiger partial charge in [-0.25, -0.2) is 0 Å². The van der Waals surface area contributed by atoms with Gasteiger partial charge in [-0.1, -0.05) is 0 Å². The standard InChI is InChI=1S/C9H12N2O2/c1-7-4-8(6-10-5-7)11-9(13)2-3-12/h4-6,12H,2-3H2,1H3,(H,11,13). The van der Waals surface area contributed by atoms with Crippen LogP contribution in [0.15, 0.2) is 18.5 Å². The molecule has 1 rings (SSSR count). The maximum Gasteiger partial charge on any atom is 0.226 e. The minimum atomic E-state index is -0.199. The Morgan fingerprint density at radius 1 is 1.62 bits per heavy atom. The molecular formula is C9H12N2O2. The lowest BCUT2D eigenvalue weighted by Gasteiger charge is -2.03. The molecular weight excluding hydrogens is 168 g/mol.